The summed E-state index contributed by atoms with van der Waals surface area (Å²) in [7, 11) is 0. The van der Waals surface area contributed by atoms with Crippen LogP contribution in [0.4, 0.5) is 0 Å². The smallest absolute Gasteiger partial charge is 0.342 e. The van der Waals surface area contributed by atoms with Crippen molar-refractivity contribution in [2.75, 3.05) is 0 Å². The van der Waals surface area contributed by atoms with E-state index in [9.17, 15) is 20.1 Å². The van der Waals surface area contributed by atoms with Crippen LogP contribution in [0.25, 0.3) is 0 Å². The minimum Gasteiger partial charge on any atom is -0.507 e. The number of rotatable bonds is 1. The molecule has 2 aromatic carbocycles. The summed E-state index contributed by atoms with van der Waals surface area (Å²) in [6.07, 6.45) is -0.150. The van der Waals surface area contributed by atoms with Crippen LogP contribution in [-0.4, -0.2) is 21.3 Å². The zero-order valence-electron chi connectivity index (χ0n) is 10.4. The van der Waals surface area contributed by atoms with E-state index in [0.29, 0.717) is 17.5 Å². The van der Waals surface area contributed by atoms with Crippen LogP contribution >= 0.6 is 0 Å². The van der Waals surface area contributed by atoms with Crippen molar-refractivity contribution in [1.82, 2.24) is 0 Å². The number of carbonyl (C=O) groups is 1. The second kappa shape index (κ2) is 4.45. The highest BCUT2D eigenvalue weighted by Gasteiger charge is 2.30. The lowest BCUT2D eigenvalue weighted by atomic mass is 9.94. The van der Waals surface area contributed by atoms with E-state index in [-0.39, 0.29) is 22.8 Å². The molecule has 0 bridgehead atoms. The molecule has 0 saturated heterocycles. The van der Waals surface area contributed by atoms with E-state index in [2.05, 4.69) is 0 Å². The molecule has 3 rings (SSSR count). The highest BCUT2D eigenvalue weighted by Crippen LogP contribution is 2.36. The van der Waals surface area contributed by atoms with Gasteiger partial charge in [0.2, 0.25) is 0 Å². The number of fused-ring (bicyclic) bond motifs is 1. The van der Waals surface area contributed by atoms with Crippen LogP contribution in [0.2, 0.25) is 0 Å². The zero-order valence-corrected chi connectivity index (χ0v) is 10.4. The van der Waals surface area contributed by atoms with Crippen LogP contribution in [0.5, 0.6) is 17.2 Å². The molecule has 0 aliphatic carbocycles. The van der Waals surface area contributed by atoms with Gasteiger partial charge in [0, 0.05) is 6.42 Å². The van der Waals surface area contributed by atoms with Crippen LogP contribution in [0.15, 0.2) is 36.4 Å². The first-order chi connectivity index (χ1) is 9.56. The maximum atomic E-state index is 11.9. The number of benzene rings is 2. The number of phenols is 3. The fourth-order valence-electron chi connectivity index (χ4n) is 2.35. The van der Waals surface area contributed by atoms with Crippen LogP contribution in [0.1, 0.15) is 27.6 Å². The lowest BCUT2D eigenvalue weighted by molar-refractivity contribution is 0.0248. The third-order valence-electron chi connectivity index (χ3n) is 3.36. The number of ether oxygens (including phenoxy) is 1. The third kappa shape index (κ3) is 1.93. The van der Waals surface area contributed by atoms with E-state index in [1.54, 1.807) is 18.2 Å². The van der Waals surface area contributed by atoms with Gasteiger partial charge >= 0.3 is 5.97 Å². The van der Waals surface area contributed by atoms with E-state index in [1.807, 2.05) is 0 Å². The third-order valence-corrected chi connectivity index (χ3v) is 3.36. The standard InChI is InChI=1S/C15H12O5/c16-10-5-4-8(6-12(10)18)13-7-9-2-1-3-11(17)14(9)15(19)20-13/h1-6,13,16-18H,7H2. The van der Waals surface area contributed by atoms with Gasteiger partial charge in [-0.3, -0.25) is 0 Å². The van der Waals surface area contributed by atoms with Crippen LogP contribution in [-0.2, 0) is 11.2 Å². The van der Waals surface area contributed by atoms with Crippen LogP contribution in [0.3, 0.4) is 0 Å². The van der Waals surface area contributed by atoms with E-state index in [1.165, 1.54) is 18.2 Å². The van der Waals surface area contributed by atoms with Crippen molar-refractivity contribution in [3.8, 4) is 17.2 Å². The van der Waals surface area contributed by atoms with Gasteiger partial charge in [-0.25, -0.2) is 4.79 Å². The molecule has 0 amide bonds. The average Bonchev–Trinajstić information content (AvgIpc) is 2.41. The molecule has 0 saturated carbocycles. The predicted molar refractivity (Wildman–Crippen MR) is 69.7 cm³/mol. The number of esters is 1. The number of carbonyl (C=O) groups excluding carboxylic acids is 1. The number of hydrogen-bond acceptors (Lipinski definition) is 5. The largest absolute Gasteiger partial charge is 0.507 e. The van der Waals surface area contributed by atoms with E-state index in [4.69, 9.17) is 4.74 Å². The van der Waals surface area contributed by atoms with Gasteiger partial charge in [-0.1, -0.05) is 18.2 Å². The summed E-state index contributed by atoms with van der Waals surface area (Å²) in [5.41, 5.74) is 1.47. The molecule has 0 aromatic heterocycles. The molecule has 20 heavy (non-hydrogen) atoms. The molecule has 0 spiro atoms. The number of cyclic esters (lactones) is 1. The second-order valence-corrected chi connectivity index (χ2v) is 4.66. The van der Waals surface area contributed by atoms with Gasteiger partial charge in [0.1, 0.15) is 17.4 Å². The monoisotopic (exact) mass is 272 g/mol. The second-order valence-electron chi connectivity index (χ2n) is 4.66. The van der Waals surface area contributed by atoms with Gasteiger partial charge in [0.15, 0.2) is 11.5 Å². The predicted octanol–water partition coefficient (Wildman–Crippen LogP) is 2.26. The first-order valence-electron chi connectivity index (χ1n) is 6.10. The van der Waals surface area contributed by atoms with Gasteiger partial charge in [-0.15, -0.1) is 0 Å². The van der Waals surface area contributed by atoms with Crippen LogP contribution in [0, 0.1) is 0 Å². The van der Waals surface area contributed by atoms with Crippen molar-refractivity contribution in [2.24, 2.45) is 0 Å². The Balaban J connectivity index is 1.99. The van der Waals surface area contributed by atoms with Crippen LogP contribution < -0.4 is 0 Å². The SMILES string of the molecule is O=C1OC(c2ccc(O)c(O)c2)Cc2cccc(O)c21. The summed E-state index contributed by atoms with van der Waals surface area (Å²) >= 11 is 0. The Morgan fingerprint density at radius 2 is 1.80 bits per heavy atom. The normalized spacial score (nSPS) is 17.4. The molecule has 3 N–H and O–H groups in total. The fraction of sp³-hybridized carbons (Fsp3) is 0.133. The average molecular weight is 272 g/mol. The zero-order chi connectivity index (χ0) is 14.3. The Morgan fingerprint density at radius 1 is 1.00 bits per heavy atom. The Labute approximate surface area is 114 Å². The number of aromatic hydroxyl groups is 3. The maximum absolute atomic E-state index is 11.9. The summed E-state index contributed by atoms with van der Waals surface area (Å²) in [6.45, 7) is 0. The molecule has 2 aromatic rings. The Bertz CT molecular complexity index is 693. The number of hydrogen-bond donors (Lipinski definition) is 3. The summed E-state index contributed by atoms with van der Waals surface area (Å²) in [5, 5.41) is 28.5. The van der Waals surface area contributed by atoms with Crippen molar-refractivity contribution >= 4 is 5.97 Å². The van der Waals surface area contributed by atoms with E-state index >= 15 is 0 Å². The molecule has 5 heteroatoms. The van der Waals surface area contributed by atoms with Crippen molar-refractivity contribution in [2.45, 2.75) is 12.5 Å². The summed E-state index contributed by atoms with van der Waals surface area (Å²) < 4.78 is 5.28. The van der Waals surface area contributed by atoms with E-state index in [0.717, 1.165) is 0 Å². The summed E-state index contributed by atoms with van der Waals surface area (Å²) in [6, 6.07) is 9.14. The molecule has 1 aliphatic heterocycles. The molecule has 1 heterocycles. The molecule has 1 unspecified atom stereocenters. The number of phenolic OH excluding ortho intramolecular Hbond substituents is 3. The highest BCUT2D eigenvalue weighted by atomic mass is 16.5. The molecule has 1 atom stereocenters. The molecular weight excluding hydrogens is 260 g/mol. The lowest BCUT2D eigenvalue weighted by Crippen LogP contribution is -2.21. The van der Waals surface area contributed by atoms with Crippen molar-refractivity contribution in [3.05, 3.63) is 53.1 Å². The fourth-order valence-corrected chi connectivity index (χ4v) is 2.35. The minimum atomic E-state index is -0.595. The topological polar surface area (TPSA) is 87.0 Å². The molecule has 102 valence electrons. The molecular formula is C15H12O5. The van der Waals surface area contributed by atoms with Crippen molar-refractivity contribution < 1.29 is 24.9 Å². The minimum absolute atomic E-state index is 0.0977. The first kappa shape index (κ1) is 12.3. The summed E-state index contributed by atoms with van der Waals surface area (Å²) in [4.78, 5) is 11.9. The highest BCUT2D eigenvalue weighted by molar-refractivity contribution is 5.95. The Kier molecular flexibility index (Phi) is 2.75. The maximum Gasteiger partial charge on any atom is 0.342 e. The van der Waals surface area contributed by atoms with Gasteiger partial charge < -0.3 is 20.1 Å². The molecule has 1 aliphatic rings. The van der Waals surface area contributed by atoms with Gasteiger partial charge in [0.25, 0.3) is 0 Å². The van der Waals surface area contributed by atoms with Gasteiger partial charge in [0.05, 0.1) is 0 Å². The summed E-state index contributed by atoms with van der Waals surface area (Å²) in [5.74, 6) is -1.18. The quantitative estimate of drug-likeness (QED) is 0.547. The van der Waals surface area contributed by atoms with Gasteiger partial charge in [-0.2, -0.15) is 0 Å². The van der Waals surface area contributed by atoms with Gasteiger partial charge in [-0.05, 0) is 29.3 Å². The van der Waals surface area contributed by atoms with E-state index < -0.39 is 12.1 Å². The molecule has 0 fully saturated rings. The lowest BCUT2D eigenvalue weighted by Gasteiger charge is -2.25. The Hall–Kier alpha value is -2.69. The van der Waals surface area contributed by atoms with Crippen molar-refractivity contribution in [3.63, 3.8) is 0 Å². The Morgan fingerprint density at radius 3 is 2.55 bits per heavy atom. The molecule has 0 radical (unpaired) electrons. The first-order valence-corrected chi connectivity index (χ1v) is 6.10. The van der Waals surface area contributed by atoms with Crippen molar-refractivity contribution in [1.29, 1.82) is 0 Å². The molecule has 5 nitrogen and oxygen atoms in total.